The monoisotopic (exact) mass is 509 g/mol. The molecule has 2 N–H and O–H groups in total. The number of rotatable bonds is 4. The summed E-state index contributed by atoms with van der Waals surface area (Å²) in [5.74, 6) is -0.113. The fourth-order valence-electron chi connectivity index (χ4n) is 4.80. The van der Waals surface area contributed by atoms with Gasteiger partial charge < -0.3 is 10.6 Å². The Hall–Kier alpha value is -4.76. The molecule has 37 heavy (non-hydrogen) atoms. The second-order valence-corrected chi connectivity index (χ2v) is 9.17. The highest BCUT2D eigenvalue weighted by atomic mass is 35.5. The Bertz CT molecular complexity index is 1830. The van der Waals surface area contributed by atoms with Gasteiger partial charge >= 0.3 is 0 Å². The third-order valence-electron chi connectivity index (χ3n) is 6.50. The zero-order valence-electron chi connectivity index (χ0n) is 19.1. The first-order valence-corrected chi connectivity index (χ1v) is 11.9. The molecule has 0 fully saturated rings. The average Bonchev–Trinajstić information content (AvgIpc) is 3.62. The third kappa shape index (κ3) is 3.59. The molecular weight excluding hydrogens is 493 g/mol. The van der Waals surface area contributed by atoms with Crippen molar-refractivity contribution in [2.24, 2.45) is 0 Å². The lowest BCUT2D eigenvalue weighted by Crippen LogP contribution is -2.20. The molecule has 1 aliphatic rings. The van der Waals surface area contributed by atoms with E-state index in [1.54, 1.807) is 9.03 Å². The van der Waals surface area contributed by atoms with Crippen molar-refractivity contribution in [3.05, 3.63) is 113 Å². The Morgan fingerprint density at radius 2 is 1.92 bits per heavy atom. The van der Waals surface area contributed by atoms with Crippen molar-refractivity contribution in [3.8, 4) is 11.1 Å². The van der Waals surface area contributed by atoms with Crippen LogP contribution in [0.1, 0.15) is 27.5 Å². The molecule has 6 aromatic rings. The van der Waals surface area contributed by atoms with Crippen LogP contribution in [0.4, 0.5) is 15.9 Å². The highest BCUT2D eigenvalue weighted by Crippen LogP contribution is 2.42. The maximum atomic E-state index is 14.2. The van der Waals surface area contributed by atoms with E-state index < -0.39 is 11.9 Å². The summed E-state index contributed by atoms with van der Waals surface area (Å²) < 4.78 is 17.6. The van der Waals surface area contributed by atoms with Crippen LogP contribution in [0.5, 0.6) is 0 Å². The van der Waals surface area contributed by atoms with Crippen LogP contribution in [0.3, 0.4) is 0 Å². The molecule has 0 saturated carbocycles. The van der Waals surface area contributed by atoms with Gasteiger partial charge in [0.1, 0.15) is 12.1 Å². The molecule has 0 aliphatic carbocycles. The number of aromatic nitrogens is 5. The quantitative estimate of drug-likeness (QED) is 0.331. The number of hydrogen-bond acceptors (Lipinski definition) is 5. The van der Waals surface area contributed by atoms with Gasteiger partial charge in [-0.25, -0.2) is 18.4 Å². The van der Waals surface area contributed by atoms with Gasteiger partial charge in [0.05, 0.1) is 11.6 Å². The Kier molecular flexibility index (Phi) is 4.73. The molecule has 0 radical (unpaired) electrons. The van der Waals surface area contributed by atoms with E-state index >= 15 is 0 Å². The SMILES string of the molecule is O=C1NC(c2cc(F)ccc2Cl)c2c(Nc3cc4ccccn4n3)cc(-c3ccc4ncnn4c3)cc21. The third-order valence-corrected chi connectivity index (χ3v) is 6.84. The number of fused-ring (bicyclic) bond motifs is 3. The molecule has 4 aromatic heterocycles. The van der Waals surface area contributed by atoms with E-state index in [1.807, 2.05) is 60.9 Å². The molecule has 1 amide bonds. The molecule has 10 heteroatoms. The van der Waals surface area contributed by atoms with Crippen LogP contribution in [0, 0.1) is 5.82 Å². The average molecular weight is 510 g/mol. The molecule has 0 saturated heterocycles. The molecular formula is C27H17ClFN7O. The zero-order chi connectivity index (χ0) is 25.1. The van der Waals surface area contributed by atoms with Gasteiger partial charge in [-0.05, 0) is 60.2 Å². The predicted molar refractivity (Wildman–Crippen MR) is 138 cm³/mol. The Labute approximate surface area is 214 Å². The minimum absolute atomic E-state index is 0.276. The van der Waals surface area contributed by atoms with E-state index in [0.717, 1.165) is 16.6 Å². The molecule has 180 valence electrons. The maximum absolute atomic E-state index is 14.2. The number of nitrogens with zero attached hydrogens (tertiary/aromatic N) is 5. The van der Waals surface area contributed by atoms with Crippen LogP contribution in [-0.2, 0) is 0 Å². The molecule has 0 bridgehead atoms. The van der Waals surface area contributed by atoms with Crippen LogP contribution in [-0.4, -0.2) is 30.1 Å². The number of benzene rings is 2. The topological polar surface area (TPSA) is 88.6 Å². The maximum Gasteiger partial charge on any atom is 0.252 e. The van der Waals surface area contributed by atoms with Crippen molar-refractivity contribution in [2.45, 2.75) is 6.04 Å². The van der Waals surface area contributed by atoms with Gasteiger partial charge in [-0.3, -0.25) is 4.79 Å². The van der Waals surface area contributed by atoms with Crippen molar-refractivity contribution in [1.82, 2.24) is 29.5 Å². The summed E-state index contributed by atoms with van der Waals surface area (Å²) in [7, 11) is 0. The first-order valence-electron chi connectivity index (χ1n) is 11.5. The molecule has 0 spiro atoms. The first kappa shape index (κ1) is 21.5. The lowest BCUT2D eigenvalue weighted by atomic mass is 9.93. The van der Waals surface area contributed by atoms with Gasteiger partial charge in [0.2, 0.25) is 0 Å². The van der Waals surface area contributed by atoms with Gasteiger partial charge in [0.25, 0.3) is 5.91 Å². The summed E-state index contributed by atoms with van der Waals surface area (Å²) in [4.78, 5) is 17.4. The molecule has 7 rings (SSSR count). The van der Waals surface area contributed by atoms with Crippen LogP contribution in [0.15, 0.2) is 85.5 Å². The number of nitrogens with one attached hydrogen (secondary N) is 2. The van der Waals surface area contributed by atoms with Crippen LogP contribution in [0.25, 0.3) is 22.3 Å². The Morgan fingerprint density at radius 1 is 1.00 bits per heavy atom. The number of carbonyl (C=O) groups excluding carboxylic acids is 1. The standard InChI is InChI=1S/C27H17ClFN7O/c28-21-6-5-17(29)11-19(21)26-25-20(27(37)33-26)9-16(15-4-7-24-30-14-31-36(24)13-15)10-22(25)32-23-12-18-3-1-2-8-35(18)34-23/h1-14,26H,(H,32,34)(H,33,37). The van der Waals surface area contributed by atoms with Crippen molar-refractivity contribution < 1.29 is 9.18 Å². The number of carbonyl (C=O) groups is 1. The van der Waals surface area contributed by atoms with Gasteiger partial charge in [-0.2, -0.15) is 10.2 Å². The van der Waals surface area contributed by atoms with E-state index in [0.29, 0.717) is 38.9 Å². The second-order valence-electron chi connectivity index (χ2n) is 8.76. The van der Waals surface area contributed by atoms with Crippen molar-refractivity contribution >= 4 is 40.2 Å². The molecule has 8 nitrogen and oxygen atoms in total. The fourth-order valence-corrected chi connectivity index (χ4v) is 5.02. The van der Waals surface area contributed by atoms with E-state index in [2.05, 4.69) is 25.8 Å². The minimum atomic E-state index is -0.642. The van der Waals surface area contributed by atoms with Gasteiger partial charge in [-0.1, -0.05) is 17.7 Å². The largest absolute Gasteiger partial charge is 0.341 e. The summed E-state index contributed by atoms with van der Waals surface area (Å²) >= 11 is 6.46. The van der Waals surface area contributed by atoms with Crippen LogP contribution >= 0.6 is 11.6 Å². The summed E-state index contributed by atoms with van der Waals surface area (Å²) in [5.41, 5.74) is 5.53. The number of halogens is 2. The van der Waals surface area contributed by atoms with Crippen molar-refractivity contribution in [3.63, 3.8) is 0 Å². The molecule has 2 aromatic carbocycles. The van der Waals surface area contributed by atoms with Crippen molar-refractivity contribution in [2.75, 3.05) is 5.32 Å². The predicted octanol–water partition coefficient (Wildman–Crippen LogP) is 5.41. The smallest absolute Gasteiger partial charge is 0.252 e. The Morgan fingerprint density at radius 3 is 2.81 bits per heavy atom. The normalized spacial score (nSPS) is 14.8. The van der Waals surface area contributed by atoms with E-state index in [-0.39, 0.29) is 5.91 Å². The van der Waals surface area contributed by atoms with Crippen LogP contribution < -0.4 is 10.6 Å². The number of amides is 1. The highest BCUT2D eigenvalue weighted by molar-refractivity contribution is 6.31. The van der Waals surface area contributed by atoms with Gasteiger partial charge in [0.15, 0.2) is 11.5 Å². The molecule has 1 unspecified atom stereocenters. The molecule has 1 aliphatic heterocycles. The van der Waals surface area contributed by atoms with E-state index in [1.165, 1.54) is 24.5 Å². The second kappa shape index (κ2) is 8.14. The summed E-state index contributed by atoms with van der Waals surface area (Å²) in [6, 6.07) is 18.7. The number of pyridine rings is 2. The van der Waals surface area contributed by atoms with E-state index in [9.17, 15) is 9.18 Å². The molecule has 1 atom stereocenters. The summed E-state index contributed by atoms with van der Waals surface area (Å²) in [6.07, 6.45) is 5.20. The molecule has 5 heterocycles. The number of anilines is 2. The van der Waals surface area contributed by atoms with Crippen LogP contribution in [0.2, 0.25) is 5.02 Å². The Balaban J connectivity index is 1.42. The highest BCUT2D eigenvalue weighted by Gasteiger charge is 2.34. The summed E-state index contributed by atoms with van der Waals surface area (Å²) in [5, 5.41) is 15.6. The minimum Gasteiger partial charge on any atom is -0.341 e. The number of hydrogen-bond donors (Lipinski definition) is 2. The van der Waals surface area contributed by atoms with Crippen molar-refractivity contribution in [1.29, 1.82) is 0 Å². The van der Waals surface area contributed by atoms with Gasteiger partial charge in [-0.15, -0.1) is 0 Å². The lowest BCUT2D eigenvalue weighted by Gasteiger charge is -2.19. The first-order chi connectivity index (χ1) is 18.0. The van der Waals surface area contributed by atoms with Gasteiger partial charge in [0, 0.05) is 51.4 Å². The van der Waals surface area contributed by atoms with E-state index in [4.69, 9.17) is 11.6 Å². The summed E-state index contributed by atoms with van der Waals surface area (Å²) in [6.45, 7) is 0. The lowest BCUT2D eigenvalue weighted by molar-refractivity contribution is 0.0960. The fraction of sp³-hybridized carbons (Fsp3) is 0.0370. The zero-order valence-corrected chi connectivity index (χ0v) is 19.8.